The van der Waals surface area contributed by atoms with E-state index in [1.54, 1.807) is 12.1 Å². The number of nitro groups is 1. The Morgan fingerprint density at radius 2 is 1.69 bits per heavy atom. The summed E-state index contributed by atoms with van der Waals surface area (Å²) in [5.74, 6) is 0. The Morgan fingerprint density at radius 3 is 2.42 bits per heavy atom. The SMILES string of the molecule is Cc1cc(C)c2c(c1)C(=Nn1c(-c3ccc([N+](=O)[O-])cc3)csc1=Nc1ccc(C)c(C)c1)CCC2. The van der Waals surface area contributed by atoms with Crippen molar-refractivity contribution >= 4 is 28.4 Å². The molecule has 0 spiro atoms. The Balaban J connectivity index is 1.71. The summed E-state index contributed by atoms with van der Waals surface area (Å²) >= 11 is 1.52. The van der Waals surface area contributed by atoms with Crippen LogP contribution in [0, 0.1) is 37.8 Å². The van der Waals surface area contributed by atoms with Crippen LogP contribution in [-0.2, 0) is 6.42 Å². The Labute approximate surface area is 214 Å². The summed E-state index contributed by atoms with van der Waals surface area (Å²) in [5.41, 5.74) is 11.2. The van der Waals surface area contributed by atoms with E-state index < -0.39 is 0 Å². The number of hydrogen-bond donors (Lipinski definition) is 0. The van der Waals surface area contributed by atoms with E-state index in [0.29, 0.717) is 0 Å². The second-order valence-corrected chi connectivity index (χ2v) is 10.2. The molecule has 0 radical (unpaired) electrons. The lowest BCUT2D eigenvalue weighted by Gasteiger charge is -2.21. The minimum absolute atomic E-state index is 0.0686. The zero-order valence-electron chi connectivity index (χ0n) is 20.9. The van der Waals surface area contributed by atoms with Crippen molar-refractivity contribution < 1.29 is 4.92 Å². The van der Waals surface area contributed by atoms with E-state index in [0.717, 1.165) is 46.7 Å². The second-order valence-electron chi connectivity index (χ2n) is 9.41. The normalized spacial score (nSPS) is 14.8. The Morgan fingerprint density at radius 1 is 0.917 bits per heavy atom. The van der Waals surface area contributed by atoms with Crippen LogP contribution < -0.4 is 4.80 Å². The van der Waals surface area contributed by atoms with E-state index in [-0.39, 0.29) is 10.6 Å². The molecule has 0 amide bonds. The molecule has 182 valence electrons. The van der Waals surface area contributed by atoms with Crippen molar-refractivity contribution in [3.05, 3.63) is 108 Å². The average Bonchev–Trinajstić information content (AvgIpc) is 3.24. The number of nitro benzene ring substituents is 1. The largest absolute Gasteiger partial charge is 0.269 e. The van der Waals surface area contributed by atoms with Gasteiger partial charge in [-0.05, 0) is 99.5 Å². The van der Waals surface area contributed by atoms with Gasteiger partial charge in [-0.25, -0.2) is 9.67 Å². The molecule has 7 heteroatoms. The van der Waals surface area contributed by atoms with Crippen LogP contribution in [0.3, 0.4) is 0 Å². The lowest BCUT2D eigenvalue weighted by atomic mass is 9.86. The molecule has 1 heterocycles. The summed E-state index contributed by atoms with van der Waals surface area (Å²) in [6, 6.07) is 17.3. The van der Waals surface area contributed by atoms with Crippen molar-refractivity contribution in [3.8, 4) is 11.3 Å². The number of rotatable bonds is 4. The second kappa shape index (κ2) is 9.66. The fourth-order valence-corrected chi connectivity index (χ4v) is 5.56. The van der Waals surface area contributed by atoms with Gasteiger partial charge in [-0.15, -0.1) is 11.3 Å². The van der Waals surface area contributed by atoms with Gasteiger partial charge >= 0.3 is 0 Å². The van der Waals surface area contributed by atoms with Gasteiger partial charge in [-0.2, -0.15) is 5.10 Å². The summed E-state index contributed by atoms with van der Waals surface area (Å²) in [6.07, 6.45) is 3.00. The molecule has 4 aromatic rings. The summed E-state index contributed by atoms with van der Waals surface area (Å²) in [6.45, 7) is 8.48. The predicted octanol–water partition coefficient (Wildman–Crippen LogP) is 7.18. The molecule has 6 nitrogen and oxygen atoms in total. The Bertz CT molecular complexity index is 1580. The van der Waals surface area contributed by atoms with Gasteiger partial charge in [0.2, 0.25) is 4.80 Å². The Kier molecular flexibility index (Phi) is 6.41. The van der Waals surface area contributed by atoms with Crippen molar-refractivity contribution in [2.75, 3.05) is 0 Å². The molecule has 1 aliphatic carbocycles. The summed E-state index contributed by atoms with van der Waals surface area (Å²) in [4.78, 5) is 16.5. The van der Waals surface area contributed by atoms with Gasteiger partial charge in [0.05, 0.1) is 22.0 Å². The maximum Gasteiger partial charge on any atom is 0.269 e. The first-order chi connectivity index (χ1) is 17.3. The number of fused-ring (bicyclic) bond motifs is 1. The highest BCUT2D eigenvalue weighted by atomic mass is 32.1. The maximum atomic E-state index is 11.2. The number of aromatic nitrogens is 1. The molecule has 0 saturated carbocycles. The van der Waals surface area contributed by atoms with E-state index in [9.17, 15) is 10.1 Å². The third kappa shape index (κ3) is 4.66. The summed E-state index contributed by atoms with van der Waals surface area (Å²) < 4.78 is 1.91. The van der Waals surface area contributed by atoms with Gasteiger partial charge in [-0.1, -0.05) is 17.7 Å². The maximum absolute atomic E-state index is 11.2. The van der Waals surface area contributed by atoms with Crippen LogP contribution >= 0.6 is 11.3 Å². The molecule has 5 rings (SSSR count). The van der Waals surface area contributed by atoms with Crippen LogP contribution in [0.4, 0.5) is 11.4 Å². The minimum Gasteiger partial charge on any atom is -0.258 e. The van der Waals surface area contributed by atoms with Crippen LogP contribution in [0.5, 0.6) is 0 Å². The average molecular weight is 497 g/mol. The standard InChI is InChI=1S/C29H28N4O2S/c1-18-14-21(4)25-6-5-7-27(26(25)15-18)31-32-28(22-9-12-24(13-10-22)33(34)35)17-36-29(32)30-23-11-8-19(2)20(3)16-23/h8-17H,5-7H2,1-4H3. The monoisotopic (exact) mass is 496 g/mol. The van der Waals surface area contributed by atoms with Crippen molar-refractivity contribution in [1.82, 2.24) is 4.68 Å². The zero-order chi connectivity index (χ0) is 25.4. The third-order valence-electron chi connectivity index (χ3n) is 6.76. The molecule has 0 atom stereocenters. The predicted molar refractivity (Wildman–Crippen MR) is 146 cm³/mol. The summed E-state index contributed by atoms with van der Waals surface area (Å²) in [5, 5.41) is 18.4. The molecule has 0 N–H and O–H groups in total. The van der Waals surface area contributed by atoms with Crippen molar-refractivity contribution in [1.29, 1.82) is 0 Å². The van der Waals surface area contributed by atoms with Crippen molar-refractivity contribution in [3.63, 3.8) is 0 Å². The van der Waals surface area contributed by atoms with E-state index in [2.05, 4.69) is 52.0 Å². The van der Waals surface area contributed by atoms with E-state index in [1.165, 1.54) is 56.9 Å². The van der Waals surface area contributed by atoms with Crippen LogP contribution in [0.25, 0.3) is 11.3 Å². The fourth-order valence-electron chi connectivity index (χ4n) is 4.71. The molecule has 0 aliphatic heterocycles. The van der Waals surface area contributed by atoms with E-state index >= 15 is 0 Å². The third-order valence-corrected chi connectivity index (χ3v) is 7.58. The van der Waals surface area contributed by atoms with Crippen molar-refractivity contribution in [2.45, 2.75) is 47.0 Å². The first kappa shape index (κ1) is 23.9. The topological polar surface area (TPSA) is 72.8 Å². The van der Waals surface area contributed by atoms with Gasteiger partial charge in [-0.3, -0.25) is 10.1 Å². The van der Waals surface area contributed by atoms with Crippen LogP contribution in [0.1, 0.15) is 46.2 Å². The van der Waals surface area contributed by atoms with Crippen LogP contribution in [0.15, 0.2) is 70.1 Å². The number of hydrogen-bond acceptors (Lipinski definition) is 5. The van der Waals surface area contributed by atoms with Gasteiger partial charge in [0.15, 0.2) is 0 Å². The van der Waals surface area contributed by atoms with Gasteiger partial charge < -0.3 is 0 Å². The molecule has 36 heavy (non-hydrogen) atoms. The van der Waals surface area contributed by atoms with E-state index in [4.69, 9.17) is 10.1 Å². The molecule has 0 saturated heterocycles. The first-order valence-corrected chi connectivity index (χ1v) is 12.9. The number of non-ortho nitro benzene ring substituents is 1. The zero-order valence-corrected chi connectivity index (χ0v) is 21.7. The van der Waals surface area contributed by atoms with Crippen LogP contribution in [-0.4, -0.2) is 15.3 Å². The molecule has 0 fully saturated rings. The number of nitrogens with zero attached hydrogens (tertiary/aromatic N) is 4. The molecular weight excluding hydrogens is 468 g/mol. The van der Waals surface area contributed by atoms with Gasteiger partial charge in [0.25, 0.3) is 5.69 Å². The lowest BCUT2D eigenvalue weighted by molar-refractivity contribution is -0.384. The highest BCUT2D eigenvalue weighted by Gasteiger charge is 2.19. The highest BCUT2D eigenvalue weighted by Crippen LogP contribution is 2.28. The van der Waals surface area contributed by atoms with Crippen LogP contribution in [0.2, 0.25) is 0 Å². The number of thiazole rings is 1. The molecule has 3 aromatic carbocycles. The highest BCUT2D eigenvalue weighted by molar-refractivity contribution is 7.07. The fraction of sp³-hybridized carbons (Fsp3) is 0.241. The Hall–Kier alpha value is -3.84. The number of aryl methyl sites for hydroxylation is 4. The molecule has 0 bridgehead atoms. The summed E-state index contributed by atoms with van der Waals surface area (Å²) in [7, 11) is 0. The quantitative estimate of drug-likeness (QED) is 0.222. The first-order valence-electron chi connectivity index (χ1n) is 12.1. The smallest absolute Gasteiger partial charge is 0.258 e. The molecular formula is C29H28N4O2S. The molecule has 1 aromatic heterocycles. The lowest BCUT2D eigenvalue weighted by Crippen LogP contribution is -2.19. The minimum atomic E-state index is -0.379. The van der Waals surface area contributed by atoms with Crippen molar-refractivity contribution in [2.24, 2.45) is 10.1 Å². The van der Waals surface area contributed by atoms with E-state index in [1.807, 2.05) is 16.1 Å². The molecule has 0 unspecified atom stereocenters. The van der Waals surface area contributed by atoms with Gasteiger partial charge in [0.1, 0.15) is 0 Å². The molecule has 1 aliphatic rings. The number of benzene rings is 3. The van der Waals surface area contributed by atoms with Gasteiger partial charge in [0, 0.05) is 28.6 Å².